The SMILES string of the molecule is Cc1ccc(OCC(C)NC(=O)c2cn[nH]c2)cc1. The van der Waals surface area contributed by atoms with Crippen molar-refractivity contribution in [2.45, 2.75) is 19.9 Å². The molecule has 2 rings (SSSR count). The van der Waals surface area contributed by atoms with Gasteiger partial charge in [-0.05, 0) is 26.0 Å². The van der Waals surface area contributed by atoms with E-state index in [4.69, 9.17) is 4.74 Å². The van der Waals surface area contributed by atoms with Crippen molar-refractivity contribution in [3.05, 3.63) is 47.8 Å². The monoisotopic (exact) mass is 259 g/mol. The maximum absolute atomic E-state index is 11.7. The zero-order valence-corrected chi connectivity index (χ0v) is 11.0. The van der Waals surface area contributed by atoms with Gasteiger partial charge in [-0.15, -0.1) is 0 Å². The Labute approximate surface area is 112 Å². The number of hydrogen-bond donors (Lipinski definition) is 2. The number of nitrogens with zero attached hydrogens (tertiary/aromatic N) is 1. The molecular formula is C14H17N3O2. The lowest BCUT2D eigenvalue weighted by molar-refractivity contribution is 0.0926. The van der Waals surface area contributed by atoms with Gasteiger partial charge < -0.3 is 10.1 Å². The largest absolute Gasteiger partial charge is 0.491 e. The van der Waals surface area contributed by atoms with Crippen molar-refractivity contribution in [3.8, 4) is 5.75 Å². The van der Waals surface area contributed by atoms with Gasteiger partial charge in [0.1, 0.15) is 12.4 Å². The Kier molecular flexibility index (Phi) is 4.18. The lowest BCUT2D eigenvalue weighted by Gasteiger charge is -2.14. The number of carbonyl (C=O) groups is 1. The Morgan fingerprint density at radius 3 is 2.79 bits per heavy atom. The van der Waals surface area contributed by atoms with E-state index in [1.54, 1.807) is 6.20 Å². The molecule has 0 aliphatic carbocycles. The molecule has 0 bridgehead atoms. The van der Waals surface area contributed by atoms with Crippen molar-refractivity contribution in [1.82, 2.24) is 15.5 Å². The van der Waals surface area contributed by atoms with Crippen LogP contribution in [0, 0.1) is 6.92 Å². The smallest absolute Gasteiger partial charge is 0.254 e. The van der Waals surface area contributed by atoms with Crippen molar-refractivity contribution >= 4 is 5.91 Å². The van der Waals surface area contributed by atoms with Gasteiger partial charge in [0.05, 0.1) is 17.8 Å². The van der Waals surface area contributed by atoms with Gasteiger partial charge in [-0.1, -0.05) is 17.7 Å². The van der Waals surface area contributed by atoms with Crippen LogP contribution in [0.4, 0.5) is 0 Å². The molecule has 2 aromatic rings. The Morgan fingerprint density at radius 1 is 1.42 bits per heavy atom. The third kappa shape index (κ3) is 3.84. The molecule has 1 aromatic carbocycles. The maximum Gasteiger partial charge on any atom is 0.254 e. The van der Waals surface area contributed by atoms with Crippen molar-refractivity contribution in [2.75, 3.05) is 6.61 Å². The van der Waals surface area contributed by atoms with Crippen molar-refractivity contribution in [2.24, 2.45) is 0 Å². The number of carbonyl (C=O) groups excluding carboxylic acids is 1. The summed E-state index contributed by atoms with van der Waals surface area (Å²) in [5.41, 5.74) is 1.70. The second-order valence-corrected chi connectivity index (χ2v) is 4.49. The summed E-state index contributed by atoms with van der Waals surface area (Å²) in [6, 6.07) is 7.73. The molecule has 0 aliphatic rings. The van der Waals surface area contributed by atoms with Crippen LogP contribution in [0.3, 0.4) is 0 Å². The minimum Gasteiger partial charge on any atom is -0.491 e. The molecule has 0 fully saturated rings. The highest BCUT2D eigenvalue weighted by atomic mass is 16.5. The van der Waals surface area contributed by atoms with E-state index in [1.165, 1.54) is 11.8 Å². The molecule has 1 unspecified atom stereocenters. The van der Waals surface area contributed by atoms with E-state index >= 15 is 0 Å². The van der Waals surface area contributed by atoms with Crippen molar-refractivity contribution < 1.29 is 9.53 Å². The molecule has 1 amide bonds. The van der Waals surface area contributed by atoms with Gasteiger partial charge in [0.25, 0.3) is 5.91 Å². The first-order valence-corrected chi connectivity index (χ1v) is 6.14. The summed E-state index contributed by atoms with van der Waals surface area (Å²) in [4.78, 5) is 11.7. The van der Waals surface area contributed by atoms with Crippen LogP contribution in [0.1, 0.15) is 22.8 Å². The zero-order chi connectivity index (χ0) is 13.7. The Morgan fingerprint density at radius 2 is 2.16 bits per heavy atom. The number of aromatic amines is 1. The second kappa shape index (κ2) is 6.04. The average molecular weight is 259 g/mol. The molecule has 19 heavy (non-hydrogen) atoms. The van der Waals surface area contributed by atoms with Crippen LogP contribution in [-0.4, -0.2) is 28.8 Å². The molecule has 0 saturated heterocycles. The fourth-order valence-corrected chi connectivity index (χ4v) is 1.58. The molecule has 1 heterocycles. The molecule has 5 nitrogen and oxygen atoms in total. The molecule has 0 radical (unpaired) electrons. The van der Waals surface area contributed by atoms with E-state index < -0.39 is 0 Å². The number of aryl methyl sites for hydroxylation is 1. The third-order valence-electron chi connectivity index (χ3n) is 2.66. The van der Waals surface area contributed by atoms with Crippen LogP contribution in [0.25, 0.3) is 0 Å². The normalized spacial score (nSPS) is 11.9. The summed E-state index contributed by atoms with van der Waals surface area (Å²) < 4.78 is 5.60. The maximum atomic E-state index is 11.7. The van der Waals surface area contributed by atoms with Crippen LogP contribution in [0.2, 0.25) is 0 Å². The van der Waals surface area contributed by atoms with Crippen LogP contribution in [0.5, 0.6) is 5.75 Å². The van der Waals surface area contributed by atoms with Crippen molar-refractivity contribution in [1.29, 1.82) is 0 Å². The summed E-state index contributed by atoms with van der Waals surface area (Å²) >= 11 is 0. The fourth-order valence-electron chi connectivity index (χ4n) is 1.58. The molecule has 0 spiro atoms. The molecular weight excluding hydrogens is 242 g/mol. The summed E-state index contributed by atoms with van der Waals surface area (Å²) in [5, 5.41) is 9.18. The minimum atomic E-state index is -0.159. The molecule has 2 N–H and O–H groups in total. The Bertz CT molecular complexity index is 520. The van der Waals surface area contributed by atoms with Crippen molar-refractivity contribution in [3.63, 3.8) is 0 Å². The van der Waals surface area contributed by atoms with Gasteiger partial charge in [0, 0.05) is 6.20 Å². The summed E-state index contributed by atoms with van der Waals surface area (Å²) in [6.07, 6.45) is 3.05. The van der Waals surface area contributed by atoms with Crippen LogP contribution in [0.15, 0.2) is 36.7 Å². The molecule has 1 aromatic heterocycles. The second-order valence-electron chi connectivity index (χ2n) is 4.49. The summed E-state index contributed by atoms with van der Waals surface area (Å²) in [6.45, 7) is 4.34. The predicted octanol–water partition coefficient (Wildman–Crippen LogP) is 1.92. The van der Waals surface area contributed by atoms with Gasteiger partial charge in [-0.25, -0.2) is 0 Å². The van der Waals surface area contributed by atoms with Gasteiger partial charge in [0.15, 0.2) is 0 Å². The van der Waals surface area contributed by atoms with Gasteiger partial charge >= 0.3 is 0 Å². The lowest BCUT2D eigenvalue weighted by atomic mass is 10.2. The third-order valence-corrected chi connectivity index (χ3v) is 2.66. The molecule has 0 aliphatic heterocycles. The quantitative estimate of drug-likeness (QED) is 0.862. The molecule has 5 heteroatoms. The van der Waals surface area contributed by atoms with Gasteiger partial charge in [-0.2, -0.15) is 5.10 Å². The number of hydrogen-bond acceptors (Lipinski definition) is 3. The number of benzene rings is 1. The minimum absolute atomic E-state index is 0.0799. The number of rotatable bonds is 5. The number of H-pyrrole nitrogens is 1. The highest BCUT2D eigenvalue weighted by molar-refractivity contribution is 5.93. The number of ether oxygens (including phenoxy) is 1. The molecule has 0 saturated carbocycles. The Balaban J connectivity index is 1.80. The molecule has 1 atom stereocenters. The van der Waals surface area contributed by atoms with Gasteiger partial charge in [-0.3, -0.25) is 9.89 Å². The van der Waals surface area contributed by atoms with Crippen LogP contribution in [-0.2, 0) is 0 Å². The number of amides is 1. The standard InChI is InChI=1S/C14H17N3O2/c1-10-3-5-13(6-4-10)19-9-11(2)17-14(18)12-7-15-16-8-12/h3-8,11H,9H2,1-2H3,(H,15,16)(H,17,18). The van der Waals surface area contributed by atoms with E-state index in [-0.39, 0.29) is 11.9 Å². The topological polar surface area (TPSA) is 67.0 Å². The zero-order valence-electron chi connectivity index (χ0n) is 11.0. The first-order chi connectivity index (χ1) is 9.15. The first-order valence-electron chi connectivity index (χ1n) is 6.14. The van der Waals surface area contributed by atoms with E-state index in [0.717, 1.165) is 5.75 Å². The first kappa shape index (κ1) is 13.1. The van der Waals surface area contributed by atoms with Gasteiger partial charge in [0.2, 0.25) is 0 Å². The van der Waals surface area contributed by atoms with E-state index in [9.17, 15) is 4.79 Å². The van der Waals surface area contributed by atoms with Crippen LogP contribution < -0.4 is 10.1 Å². The Hall–Kier alpha value is -2.30. The van der Waals surface area contributed by atoms with E-state index in [2.05, 4.69) is 15.5 Å². The number of nitrogens with one attached hydrogen (secondary N) is 2. The van der Waals surface area contributed by atoms with E-state index in [0.29, 0.717) is 12.2 Å². The highest BCUT2D eigenvalue weighted by Crippen LogP contribution is 2.11. The lowest BCUT2D eigenvalue weighted by Crippen LogP contribution is -2.36. The van der Waals surface area contributed by atoms with Crippen LogP contribution >= 0.6 is 0 Å². The number of aromatic nitrogens is 2. The average Bonchev–Trinajstić information content (AvgIpc) is 2.92. The summed E-state index contributed by atoms with van der Waals surface area (Å²) in [5.74, 6) is 0.642. The highest BCUT2D eigenvalue weighted by Gasteiger charge is 2.10. The fraction of sp³-hybridized carbons (Fsp3) is 0.286. The summed E-state index contributed by atoms with van der Waals surface area (Å²) in [7, 11) is 0. The molecule has 100 valence electrons. The van der Waals surface area contributed by atoms with E-state index in [1.807, 2.05) is 38.1 Å². The predicted molar refractivity (Wildman–Crippen MR) is 72.2 cm³/mol.